The summed E-state index contributed by atoms with van der Waals surface area (Å²) >= 11 is 3.25. The number of hydrogen-bond donors (Lipinski definition) is 0. The topological polar surface area (TPSA) is 75.7 Å². The maximum Gasteiger partial charge on any atom is 0.399 e. The van der Waals surface area contributed by atoms with E-state index in [4.69, 9.17) is 0 Å². The molecule has 0 aromatic carbocycles. The third kappa shape index (κ3) is 5.26. The molecule has 0 saturated heterocycles. The second kappa shape index (κ2) is 7.47. The Morgan fingerprint density at radius 3 is 1.67 bits per heavy atom. The van der Waals surface area contributed by atoms with Gasteiger partial charge in [0.2, 0.25) is 0 Å². The first-order valence-electron chi connectivity index (χ1n) is 4.71. The molecule has 0 aliphatic heterocycles. The third-order valence-corrected chi connectivity index (χ3v) is 2.84. The second-order valence-corrected chi connectivity index (χ2v) is 8.16. The number of hydrogen-bond acceptors (Lipinski definition) is 5. The van der Waals surface area contributed by atoms with Gasteiger partial charge < -0.3 is 14.6 Å². The van der Waals surface area contributed by atoms with E-state index in [1.807, 2.05) is 0 Å². The number of rotatable bonds is 5. The molecule has 13 heteroatoms. The van der Waals surface area contributed by atoms with Crippen molar-refractivity contribution < 1.29 is 50.5 Å². The van der Waals surface area contributed by atoms with Crippen molar-refractivity contribution in [2.45, 2.75) is 19.9 Å². The van der Waals surface area contributed by atoms with Crippen molar-refractivity contribution in [1.82, 2.24) is 0 Å². The largest absolute Gasteiger partial charge is 0.828 e. The Morgan fingerprint density at radius 1 is 0.952 bits per heavy atom. The van der Waals surface area contributed by atoms with Gasteiger partial charge in [-0.2, -0.15) is 26.3 Å². The average Bonchev–Trinajstić information content (AvgIpc) is 2.29. The monoisotopic (exact) mass is 549 g/mol. The lowest BCUT2D eigenvalue weighted by Gasteiger charge is -2.40. The zero-order valence-electron chi connectivity index (χ0n) is 9.56. The molecule has 0 fully saturated rings. The highest BCUT2D eigenvalue weighted by atomic mass is 127. The molecule has 124 valence electrons. The zero-order valence-corrected chi connectivity index (χ0v) is 13.9. The van der Waals surface area contributed by atoms with Crippen molar-refractivity contribution in [2.75, 3.05) is 13.2 Å². The number of halogens is 8. The maximum atomic E-state index is 12.2. The van der Waals surface area contributed by atoms with Crippen LogP contribution in [0.2, 0.25) is 0 Å². The van der Waals surface area contributed by atoms with E-state index in [1.54, 1.807) is 45.2 Å². The predicted molar refractivity (Wildman–Crippen MR) is 68.6 cm³/mol. The van der Waals surface area contributed by atoms with Gasteiger partial charge in [0.1, 0.15) is 13.2 Å². The van der Waals surface area contributed by atoms with E-state index in [0.717, 1.165) is 0 Å². The summed E-state index contributed by atoms with van der Waals surface area (Å²) in [5.74, 6) is -3.88. The van der Waals surface area contributed by atoms with Crippen molar-refractivity contribution in [3.8, 4) is 0 Å². The highest BCUT2D eigenvalue weighted by Gasteiger charge is 2.68. The van der Waals surface area contributed by atoms with Crippen LogP contribution in [-0.2, 0) is 19.1 Å². The SMILES string of the molecule is O=C(OCCOC(=O)C([O-])(C(F)(F)F)C(F)(F)F)C(I)I. The van der Waals surface area contributed by atoms with Crippen LogP contribution in [0, 0.1) is 0 Å². The number of carbonyl (C=O) groups excluding carboxylic acids is 2. The van der Waals surface area contributed by atoms with E-state index in [9.17, 15) is 41.0 Å². The molecule has 5 nitrogen and oxygen atoms in total. The van der Waals surface area contributed by atoms with Crippen LogP contribution in [-0.4, -0.2) is 45.0 Å². The number of carbonyl (C=O) groups is 2. The van der Waals surface area contributed by atoms with Gasteiger partial charge >= 0.3 is 24.3 Å². The quantitative estimate of drug-likeness (QED) is 0.171. The van der Waals surface area contributed by atoms with Crippen LogP contribution >= 0.6 is 45.2 Å². The average molecular weight is 549 g/mol. The van der Waals surface area contributed by atoms with Crippen molar-refractivity contribution in [2.24, 2.45) is 0 Å². The first-order chi connectivity index (χ1) is 9.25. The van der Waals surface area contributed by atoms with Gasteiger partial charge in [0.15, 0.2) is 7.53 Å². The highest BCUT2D eigenvalue weighted by molar-refractivity contribution is 14.2. The van der Waals surface area contributed by atoms with Crippen LogP contribution in [0.4, 0.5) is 26.3 Å². The Bertz CT molecular complexity index is 380. The molecule has 0 amide bonds. The first-order valence-corrected chi connectivity index (χ1v) is 7.20. The summed E-state index contributed by atoms with van der Waals surface area (Å²) < 4.78 is 80.3. The summed E-state index contributed by atoms with van der Waals surface area (Å²) in [5, 5.41) is 10.8. The summed E-state index contributed by atoms with van der Waals surface area (Å²) in [6.07, 6.45) is -12.8. The highest BCUT2D eigenvalue weighted by Crippen LogP contribution is 2.41. The maximum absolute atomic E-state index is 12.2. The minimum Gasteiger partial charge on any atom is -0.828 e. The summed E-state index contributed by atoms with van der Waals surface area (Å²) in [7, 11) is 0. The van der Waals surface area contributed by atoms with Gasteiger partial charge in [-0.25, -0.2) is 0 Å². The molecule has 0 saturated carbocycles. The molecule has 0 spiro atoms. The fourth-order valence-corrected chi connectivity index (χ4v) is 1.19. The van der Waals surface area contributed by atoms with Crippen molar-refractivity contribution in [3.05, 3.63) is 0 Å². The van der Waals surface area contributed by atoms with E-state index in [2.05, 4.69) is 9.47 Å². The van der Waals surface area contributed by atoms with E-state index < -0.39 is 45.0 Å². The lowest BCUT2D eigenvalue weighted by Crippen LogP contribution is -2.71. The molecule has 0 heterocycles. The lowest BCUT2D eigenvalue weighted by atomic mass is 10.0. The minimum atomic E-state index is -6.42. The van der Waals surface area contributed by atoms with Gasteiger partial charge in [0, 0.05) is 0 Å². The standard InChI is InChI=1S/C8H5F6I2O5/c9-7(10,11)6(19,8(12,13)14)5(18)21-2-1-20-4(17)3(15)16/h3H,1-2H2/q-1. The Balaban J connectivity index is 4.71. The van der Waals surface area contributed by atoms with Crippen molar-refractivity contribution in [1.29, 1.82) is 0 Å². The Morgan fingerprint density at radius 2 is 1.33 bits per heavy atom. The molecular formula is C8H5F6I2O5-. The molecule has 0 radical (unpaired) electrons. The van der Waals surface area contributed by atoms with Gasteiger partial charge in [0.05, 0.1) is 0 Å². The molecule has 0 aliphatic carbocycles. The van der Waals surface area contributed by atoms with Crippen LogP contribution in [0.25, 0.3) is 0 Å². The van der Waals surface area contributed by atoms with Crippen molar-refractivity contribution in [3.63, 3.8) is 0 Å². The van der Waals surface area contributed by atoms with Crippen LogP contribution < -0.4 is 5.11 Å². The van der Waals surface area contributed by atoms with Gasteiger partial charge in [-0.05, 0) is 0 Å². The first kappa shape index (κ1) is 20.9. The Hall–Kier alpha value is -0.0600. The van der Waals surface area contributed by atoms with Gasteiger partial charge in [-0.1, -0.05) is 45.2 Å². The zero-order chi connectivity index (χ0) is 17.1. The molecule has 0 bridgehead atoms. The summed E-state index contributed by atoms with van der Waals surface area (Å²) in [4.78, 5) is 21.7. The van der Waals surface area contributed by atoms with Crippen LogP contribution in [0.1, 0.15) is 0 Å². The van der Waals surface area contributed by atoms with Gasteiger partial charge in [-0.3, -0.25) is 9.59 Å². The molecule has 21 heavy (non-hydrogen) atoms. The number of alkyl halides is 8. The molecule has 0 aromatic rings. The number of esters is 2. The molecule has 0 atom stereocenters. The molecule has 0 N–H and O–H groups in total. The van der Waals surface area contributed by atoms with Crippen LogP contribution in [0.3, 0.4) is 0 Å². The lowest BCUT2D eigenvalue weighted by molar-refractivity contribution is -0.574. The molecule has 0 aliphatic rings. The van der Waals surface area contributed by atoms with E-state index in [-0.39, 0.29) is 0 Å². The summed E-state index contributed by atoms with van der Waals surface area (Å²) in [6.45, 7) is -1.89. The number of ether oxygens (including phenoxy) is 2. The summed E-state index contributed by atoms with van der Waals surface area (Å²) in [6, 6.07) is 0. The molecule has 0 aromatic heterocycles. The van der Waals surface area contributed by atoms with E-state index >= 15 is 0 Å². The van der Waals surface area contributed by atoms with Crippen LogP contribution in [0.5, 0.6) is 0 Å². The predicted octanol–water partition coefficient (Wildman–Crippen LogP) is 1.49. The molecule has 0 rings (SSSR count). The molecule has 0 unspecified atom stereocenters. The van der Waals surface area contributed by atoms with Gasteiger partial charge in [-0.15, -0.1) is 0 Å². The fraction of sp³-hybridized carbons (Fsp3) is 0.750. The smallest absolute Gasteiger partial charge is 0.399 e. The van der Waals surface area contributed by atoms with E-state index in [1.165, 1.54) is 0 Å². The van der Waals surface area contributed by atoms with Crippen LogP contribution in [0.15, 0.2) is 0 Å². The summed E-state index contributed by atoms with van der Waals surface area (Å²) in [5.41, 5.74) is -5.89. The second-order valence-electron chi connectivity index (χ2n) is 3.28. The Kier molecular flexibility index (Phi) is 7.45. The molecular weight excluding hydrogens is 544 g/mol. The fourth-order valence-electron chi connectivity index (χ4n) is 0.833. The normalized spacial score (nSPS) is 13.2. The van der Waals surface area contributed by atoms with E-state index in [0.29, 0.717) is 0 Å². The minimum absolute atomic E-state index is 0.653. The van der Waals surface area contributed by atoms with Crippen molar-refractivity contribution >= 4 is 57.1 Å². The third-order valence-electron chi connectivity index (χ3n) is 1.82. The Labute approximate surface area is 140 Å². The van der Waals surface area contributed by atoms with Gasteiger partial charge in [0.25, 0.3) is 0 Å².